The zero-order valence-corrected chi connectivity index (χ0v) is 13.7. The summed E-state index contributed by atoms with van der Waals surface area (Å²) in [5, 5.41) is 6.80. The summed E-state index contributed by atoms with van der Waals surface area (Å²) in [5.41, 5.74) is 6.28. The van der Waals surface area contributed by atoms with Crippen molar-refractivity contribution in [2.45, 2.75) is 38.6 Å². The van der Waals surface area contributed by atoms with Crippen LogP contribution in [0.25, 0.3) is 0 Å². The summed E-state index contributed by atoms with van der Waals surface area (Å²) in [6, 6.07) is 10.00. The lowest BCUT2D eigenvalue weighted by molar-refractivity contribution is -0.119. The number of para-hydroxylation sites is 1. The van der Waals surface area contributed by atoms with Crippen molar-refractivity contribution in [3.8, 4) is 0 Å². The van der Waals surface area contributed by atoms with Gasteiger partial charge in [0.2, 0.25) is 0 Å². The molecule has 0 bridgehead atoms. The summed E-state index contributed by atoms with van der Waals surface area (Å²) < 4.78 is 0. The van der Waals surface area contributed by atoms with Crippen LogP contribution in [-0.4, -0.2) is 23.6 Å². The van der Waals surface area contributed by atoms with Crippen LogP contribution in [0.1, 0.15) is 32.6 Å². The Hall–Kier alpha value is -1.82. The van der Waals surface area contributed by atoms with Crippen LogP contribution in [-0.2, 0) is 4.79 Å². The van der Waals surface area contributed by atoms with Gasteiger partial charge in [-0.2, -0.15) is 0 Å². The van der Waals surface area contributed by atoms with E-state index in [9.17, 15) is 4.79 Å². The number of hydrogen-bond donors (Lipinski definition) is 4. The van der Waals surface area contributed by atoms with Gasteiger partial charge in [-0.3, -0.25) is 15.6 Å². The van der Waals surface area contributed by atoms with E-state index in [0.29, 0.717) is 17.1 Å². The van der Waals surface area contributed by atoms with Crippen molar-refractivity contribution >= 4 is 28.9 Å². The van der Waals surface area contributed by atoms with E-state index < -0.39 is 0 Å². The van der Waals surface area contributed by atoms with E-state index in [-0.39, 0.29) is 12.5 Å². The Morgan fingerprint density at radius 1 is 1.18 bits per heavy atom. The fourth-order valence-corrected chi connectivity index (χ4v) is 2.85. The fraction of sp³-hybridized carbons (Fsp3) is 0.500. The van der Waals surface area contributed by atoms with Gasteiger partial charge in [0.1, 0.15) is 0 Å². The molecule has 5 nitrogen and oxygen atoms in total. The van der Waals surface area contributed by atoms with Gasteiger partial charge in [0.15, 0.2) is 5.11 Å². The molecular formula is C16H24N4OS. The summed E-state index contributed by atoms with van der Waals surface area (Å²) in [6.45, 7) is 2.43. The maximum Gasteiger partial charge on any atom is 0.257 e. The number of rotatable bonds is 4. The van der Waals surface area contributed by atoms with Gasteiger partial charge in [0, 0.05) is 11.7 Å². The molecule has 1 aromatic rings. The summed E-state index contributed by atoms with van der Waals surface area (Å²) >= 11 is 5.23. The van der Waals surface area contributed by atoms with E-state index >= 15 is 0 Å². The van der Waals surface area contributed by atoms with Crippen molar-refractivity contribution in [1.82, 2.24) is 16.2 Å². The van der Waals surface area contributed by atoms with Gasteiger partial charge >= 0.3 is 0 Å². The average molecular weight is 320 g/mol. The zero-order valence-electron chi connectivity index (χ0n) is 12.9. The number of carbonyl (C=O) groups excluding carboxylic acids is 1. The number of anilines is 1. The van der Waals surface area contributed by atoms with Crippen LogP contribution in [0, 0.1) is 5.92 Å². The van der Waals surface area contributed by atoms with E-state index in [1.165, 1.54) is 19.3 Å². The van der Waals surface area contributed by atoms with Gasteiger partial charge in [-0.15, -0.1) is 0 Å². The first kappa shape index (κ1) is 16.5. The maximum atomic E-state index is 11.8. The lowest BCUT2D eigenvalue weighted by atomic mass is 9.86. The molecule has 1 amide bonds. The Bertz CT molecular complexity index is 494. The molecule has 22 heavy (non-hydrogen) atoms. The molecule has 1 fully saturated rings. The Balaban J connectivity index is 1.64. The SMILES string of the molecule is C[C@H]1CCCC[C@@H]1NC(=S)NNC(=O)CNc1ccccc1. The van der Waals surface area contributed by atoms with E-state index in [4.69, 9.17) is 12.2 Å². The quantitative estimate of drug-likeness (QED) is 0.506. The molecular weight excluding hydrogens is 296 g/mol. The second kappa shape index (κ2) is 8.58. The molecule has 0 aromatic heterocycles. The average Bonchev–Trinajstić information content (AvgIpc) is 2.54. The van der Waals surface area contributed by atoms with E-state index in [1.807, 2.05) is 30.3 Å². The van der Waals surface area contributed by atoms with Crippen LogP contribution in [0.3, 0.4) is 0 Å². The molecule has 0 radical (unpaired) electrons. The second-order valence-corrected chi connectivity index (χ2v) is 6.14. The van der Waals surface area contributed by atoms with Gasteiger partial charge < -0.3 is 10.6 Å². The number of hydrogen-bond acceptors (Lipinski definition) is 3. The second-order valence-electron chi connectivity index (χ2n) is 5.73. The summed E-state index contributed by atoms with van der Waals surface area (Å²) in [6.07, 6.45) is 4.89. The minimum Gasteiger partial charge on any atom is -0.376 e. The van der Waals surface area contributed by atoms with Gasteiger partial charge in [-0.25, -0.2) is 0 Å². The van der Waals surface area contributed by atoms with Crippen LogP contribution in [0.5, 0.6) is 0 Å². The summed E-state index contributed by atoms with van der Waals surface area (Å²) in [7, 11) is 0. The number of nitrogens with one attached hydrogen (secondary N) is 4. The third kappa shape index (κ3) is 5.52. The van der Waals surface area contributed by atoms with E-state index in [0.717, 1.165) is 12.1 Å². The molecule has 0 spiro atoms. The highest BCUT2D eigenvalue weighted by Crippen LogP contribution is 2.23. The molecule has 0 saturated heterocycles. The molecule has 2 atom stereocenters. The molecule has 6 heteroatoms. The van der Waals surface area contributed by atoms with Crippen molar-refractivity contribution in [2.24, 2.45) is 5.92 Å². The number of thiocarbonyl (C=S) groups is 1. The van der Waals surface area contributed by atoms with Gasteiger partial charge in [0.25, 0.3) is 5.91 Å². The van der Waals surface area contributed by atoms with Crippen LogP contribution in [0.15, 0.2) is 30.3 Å². The van der Waals surface area contributed by atoms with Crippen molar-refractivity contribution in [3.63, 3.8) is 0 Å². The maximum absolute atomic E-state index is 11.8. The first-order valence-corrected chi connectivity index (χ1v) is 8.20. The van der Waals surface area contributed by atoms with Crippen LogP contribution in [0.4, 0.5) is 5.69 Å². The van der Waals surface area contributed by atoms with Gasteiger partial charge in [0.05, 0.1) is 6.54 Å². The smallest absolute Gasteiger partial charge is 0.257 e. The highest BCUT2D eigenvalue weighted by atomic mass is 32.1. The van der Waals surface area contributed by atoms with Crippen molar-refractivity contribution in [1.29, 1.82) is 0 Å². The first-order chi connectivity index (χ1) is 10.6. The minimum atomic E-state index is -0.162. The van der Waals surface area contributed by atoms with E-state index in [2.05, 4.69) is 28.4 Å². The Morgan fingerprint density at radius 3 is 2.64 bits per heavy atom. The molecule has 2 rings (SSSR count). The summed E-state index contributed by atoms with van der Waals surface area (Å²) in [4.78, 5) is 11.8. The third-order valence-corrected chi connectivity index (χ3v) is 4.19. The molecule has 1 aliphatic rings. The molecule has 1 aliphatic carbocycles. The molecule has 4 N–H and O–H groups in total. The molecule has 1 saturated carbocycles. The zero-order chi connectivity index (χ0) is 15.8. The Kier molecular flexibility index (Phi) is 6.45. The normalized spacial score (nSPS) is 20.8. The van der Waals surface area contributed by atoms with Crippen molar-refractivity contribution in [3.05, 3.63) is 30.3 Å². The Labute approximate surface area is 137 Å². The molecule has 0 aliphatic heterocycles. The van der Waals surface area contributed by atoms with Crippen LogP contribution in [0.2, 0.25) is 0 Å². The van der Waals surface area contributed by atoms with Crippen molar-refractivity contribution in [2.75, 3.05) is 11.9 Å². The fourth-order valence-electron chi connectivity index (χ4n) is 2.64. The molecule has 0 heterocycles. The predicted molar refractivity (Wildman–Crippen MR) is 93.4 cm³/mol. The van der Waals surface area contributed by atoms with E-state index in [1.54, 1.807) is 0 Å². The highest BCUT2D eigenvalue weighted by molar-refractivity contribution is 7.80. The number of hydrazine groups is 1. The van der Waals surface area contributed by atoms with Crippen LogP contribution < -0.4 is 21.5 Å². The topological polar surface area (TPSA) is 65.2 Å². The third-order valence-electron chi connectivity index (χ3n) is 3.97. The molecule has 0 unspecified atom stereocenters. The number of benzene rings is 1. The molecule has 1 aromatic carbocycles. The van der Waals surface area contributed by atoms with Gasteiger partial charge in [-0.05, 0) is 43.1 Å². The van der Waals surface area contributed by atoms with Gasteiger partial charge in [-0.1, -0.05) is 38.0 Å². The van der Waals surface area contributed by atoms with Crippen LogP contribution >= 0.6 is 12.2 Å². The summed E-state index contributed by atoms with van der Waals surface area (Å²) in [5.74, 6) is 0.452. The monoisotopic (exact) mass is 320 g/mol. The predicted octanol–water partition coefficient (Wildman–Crippen LogP) is 2.17. The minimum absolute atomic E-state index is 0.162. The highest BCUT2D eigenvalue weighted by Gasteiger charge is 2.21. The number of amides is 1. The standard InChI is InChI=1S/C16H24N4OS/c1-12-7-5-6-10-14(12)18-16(22)20-19-15(21)11-17-13-8-3-2-4-9-13/h2-4,8-9,12,14,17H,5-7,10-11H2,1H3,(H,19,21)(H2,18,20,22)/t12-,14-/m0/s1. The lowest BCUT2D eigenvalue weighted by Crippen LogP contribution is -2.52. The largest absolute Gasteiger partial charge is 0.376 e. The van der Waals surface area contributed by atoms with Crippen molar-refractivity contribution < 1.29 is 4.79 Å². The Morgan fingerprint density at radius 2 is 1.91 bits per heavy atom. The molecule has 120 valence electrons. The first-order valence-electron chi connectivity index (χ1n) is 7.79. The number of carbonyl (C=O) groups is 1. The lowest BCUT2D eigenvalue weighted by Gasteiger charge is -2.30.